The summed E-state index contributed by atoms with van der Waals surface area (Å²) in [5.41, 5.74) is 0.429. The first-order valence-corrected chi connectivity index (χ1v) is 5.39. The van der Waals surface area contributed by atoms with E-state index in [1.807, 2.05) is 0 Å². The maximum absolute atomic E-state index is 13.0. The number of halogens is 3. The molecule has 1 atom stereocenters. The first-order chi connectivity index (χ1) is 8.54. The Morgan fingerprint density at radius 1 is 1.06 bits per heavy atom. The fourth-order valence-electron chi connectivity index (χ4n) is 1.62. The Bertz CT molecular complexity index is 537. The second-order valence-corrected chi connectivity index (χ2v) is 3.91. The molecule has 0 aliphatic rings. The van der Waals surface area contributed by atoms with Gasteiger partial charge in [0, 0.05) is 6.07 Å². The molecule has 0 fully saturated rings. The van der Waals surface area contributed by atoms with Crippen LogP contribution in [0.15, 0.2) is 36.4 Å². The molecule has 1 N–H and O–H groups in total. The van der Waals surface area contributed by atoms with Crippen molar-refractivity contribution in [2.24, 2.45) is 0 Å². The zero-order valence-corrected chi connectivity index (χ0v) is 9.62. The smallest absolute Gasteiger partial charge is 0.214 e. The number of hydrogen-bond acceptors (Lipinski definition) is 2. The van der Waals surface area contributed by atoms with Crippen molar-refractivity contribution in [2.45, 2.75) is 13.0 Å². The van der Waals surface area contributed by atoms with E-state index in [-0.39, 0.29) is 6.04 Å². The van der Waals surface area contributed by atoms with Crippen LogP contribution in [0.3, 0.4) is 0 Å². The van der Waals surface area contributed by atoms with Crippen LogP contribution in [0, 0.1) is 17.6 Å². The number of nitrogens with one attached hydrogen (secondary N) is 1. The van der Waals surface area contributed by atoms with Gasteiger partial charge >= 0.3 is 0 Å². The minimum absolute atomic E-state index is 0.312. The van der Waals surface area contributed by atoms with Gasteiger partial charge in [0.15, 0.2) is 0 Å². The van der Waals surface area contributed by atoms with E-state index in [1.54, 1.807) is 13.0 Å². The molecule has 1 unspecified atom stereocenters. The lowest BCUT2D eigenvalue weighted by Crippen LogP contribution is -2.09. The van der Waals surface area contributed by atoms with Gasteiger partial charge in [-0.1, -0.05) is 6.07 Å². The van der Waals surface area contributed by atoms with E-state index < -0.39 is 17.6 Å². The van der Waals surface area contributed by atoms with Gasteiger partial charge in [0.05, 0.1) is 6.04 Å². The van der Waals surface area contributed by atoms with Gasteiger partial charge < -0.3 is 5.32 Å². The molecule has 0 spiro atoms. The van der Waals surface area contributed by atoms with Gasteiger partial charge in [-0.3, -0.25) is 0 Å². The fourth-order valence-corrected chi connectivity index (χ4v) is 1.62. The van der Waals surface area contributed by atoms with Gasteiger partial charge in [0.1, 0.15) is 17.5 Å². The van der Waals surface area contributed by atoms with Gasteiger partial charge in [-0.25, -0.2) is 13.8 Å². The molecule has 1 heterocycles. The normalized spacial score (nSPS) is 12.2. The van der Waals surface area contributed by atoms with Crippen molar-refractivity contribution < 1.29 is 13.2 Å². The van der Waals surface area contributed by atoms with Crippen LogP contribution in [0.4, 0.5) is 19.0 Å². The number of anilines is 1. The Morgan fingerprint density at radius 2 is 1.72 bits per heavy atom. The molecule has 0 aliphatic heterocycles. The van der Waals surface area contributed by atoms with Crippen LogP contribution < -0.4 is 5.32 Å². The average molecular weight is 252 g/mol. The molecule has 94 valence electrons. The first-order valence-electron chi connectivity index (χ1n) is 5.39. The van der Waals surface area contributed by atoms with Gasteiger partial charge in [-0.05, 0) is 36.8 Å². The second kappa shape index (κ2) is 5.08. The molecule has 0 radical (unpaired) electrons. The molecule has 5 heteroatoms. The molecule has 0 aliphatic carbocycles. The van der Waals surface area contributed by atoms with Crippen molar-refractivity contribution in [3.8, 4) is 0 Å². The van der Waals surface area contributed by atoms with Crippen LogP contribution >= 0.6 is 0 Å². The van der Waals surface area contributed by atoms with Gasteiger partial charge in [-0.15, -0.1) is 0 Å². The lowest BCUT2D eigenvalue weighted by molar-refractivity contribution is 0.575. The predicted molar refractivity (Wildman–Crippen MR) is 62.6 cm³/mol. The van der Waals surface area contributed by atoms with E-state index in [0.29, 0.717) is 11.4 Å². The molecular weight excluding hydrogens is 241 g/mol. The SMILES string of the molecule is CC(Nc1cccc(F)n1)c1cc(F)cc(F)c1. The third-order valence-corrected chi connectivity index (χ3v) is 2.46. The maximum Gasteiger partial charge on any atom is 0.214 e. The van der Waals surface area contributed by atoms with Crippen molar-refractivity contribution >= 4 is 5.82 Å². The Morgan fingerprint density at radius 3 is 2.33 bits per heavy atom. The number of pyridine rings is 1. The fraction of sp³-hybridized carbons (Fsp3) is 0.154. The molecule has 0 amide bonds. The van der Waals surface area contributed by atoms with E-state index in [0.717, 1.165) is 6.07 Å². The van der Waals surface area contributed by atoms with Crippen molar-refractivity contribution in [1.82, 2.24) is 4.98 Å². The Hall–Kier alpha value is -2.04. The average Bonchev–Trinajstić information content (AvgIpc) is 2.27. The van der Waals surface area contributed by atoms with E-state index in [1.165, 1.54) is 24.3 Å². The number of nitrogens with zero attached hydrogens (tertiary/aromatic N) is 1. The predicted octanol–water partition coefficient (Wildman–Crippen LogP) is 3.67. The van der Waals surface area contributed by atoms with Crippen LogP contribution in [0.2, 0.25) is 0 Å². The largest absolute Gasteiger partial charge is 0.363 e. The third kappa shape index (κ3) is 3.00. The molecule has 0 saturated carbocycles. The molecule has 0 bridgehead atoms. The highest BCUT2D eigenvalue weighted by molar-refractivity contribution is 5.37. The lowest BCUT2D eigenvalue weighted by atomic mass is 10.1. The highest BCUT2D eigenvalue weighted by atomic mass is 19.1. The highest BCUT2D eigenvalue weighted by Crippen LogP contribution is 2.19. The molecule has 2 nitrogen and oxygen atoms in total. The van der Waals surface area contributed by atoms with Gasteiger partial charge in [-0.2, -0.15) is 4.39 Å². The zero-order valence-electron chi connectivity index (χ0n) is 9.62. The van der Waals surface area contributed by atoms with Crippen molar-refractivity contribution in [3.05, 3.63) is 59.5 Å². The van der Waals surface area contributed by atoms with Crippen LogP contribution in [0.1, 0.15) is 18.5 Å². The van der Waals surface area contributed by atoms with Crippen molar-refractivity contribution in [3.63, 3.8) is 0 Å². The van der Waals surface area contributed by atoms with Crippen molar-refractivity contribution in [1.29, 1.82) is 0 Å². The summed E-state index contributed by atoms with van der Waals surface area (Å²) >= 11 is 0. The van der Waals surface area contributed by atoms with Crippen LogP contribution in [0.25, 0.3) is 0 Å². The Kier molecular flexibility index (Phi) is 3.50. The van der Waals surface area contributed by atoms with Crippen LogP contribution in [-0.4, -0.2) is 4.98 Å². The summed E-state index contributed by atoms with van der Waals surface area (Å²) in [5.74, 6) is -1.60. The monoisotopic (exact) mass is 252 g/mol. The van der Waals surface area contributed by atoms with Gasteiger partial charge in [0.25, 0.3) is 0 Å². The summed E-state index contributed by atoms with van der Waals surface area (Å²) in [6.45, 7) is 1.71. The third-order valence-electron chi connectivity index (χ3n) is 2.46. The van der Waals surface area contributed by atoms with Crippen LogP contribution in [-0.2, 0) is 0 Å². The zero-order chi connectivity index (χ0) is 13.1. The molecule has 2 rings (SSSR count). The Balaban J connectivity index is 2.19. The summed E-state index contributed by atoms with van der Waals surface area (Å²) in [6, 6.07) is 7.16. The highest BCUT2D eigenvalue weighted by Gasteiger charge is 2.09. The number of benzene rings is 1. The number of hydrogen-bond donors (Lipinski definition) is 1. The number of aromatic nitrogens is 1. The molecule has 1 aromatic heterocycles. The van der Waals surface area contributed by atoms with E-state index in [9.17, 15) is 13.2 Å². The molecule has 18 heavy (non-hydrogen) atoms. The second-order valence-electron chi connectivity index (χ2n) is 3.91. The lowest BCUT2D eigenvalue weighted by Gasteiger charge is -2.15. The number of rotatable bonds is 3. The summed E-state index contributed by atoms with van der Waals surface area (Å²) in [4.78, 5) is 3.62. The minimum Gasteiger partial charge on any atom is -0.363 e. The van der Waals surface area contributed by atoms with Crippen molar-refractivity contribution in [2.75, 3.05) is 5.32 Å². The molecule has 1 aromatic carbocycles. The Labute approximate surface area is 102 Å². The summed E-state index contributed by atoms with van der Waals surface area (Å²) in [5, 5.41) is 2.87. The van der Waals surface area contributed by atoms with E-state index in [2.05, 4.69) is 10.3 Å². The van der Waals surface area contributed by atoms with Gasteiger partial charge in [0.2, 0.25) is 5.95 Å². The minimum atomic E-state index is -0.647. The first kappa shape index (κ1) is 12.4. The maximum atomic E-state index is 13.0. The van der Waals surface area contributed by atoms with E-state index in [4.69, 9.17) is 0 Å². The molecular formula is C13H11F3N2. The summed E-state index contributed by atoms with van der Waals surface area (Å²) in [6.07, 6.45) is 0. The topological polar surface area (TPSA) is 24.9 Å². The summed E-state index contributed by atoms with van der Waals surface area (Å²) in [7, 11) is 0. The quantitative estimate of drug-likeness (QED) is 0.843. The molecule has 0 saturated heterocycles. The van der Waals surface area contributed by atoms with E-state index >= 15 is 0 Å². The summed E-state index contributed by atoms with van der Waals surface area (Å²) < 4.78 is 39.0. The standard InChI is InChI=1S/C13H11F3N2/c1-8(9-5-10(14)7-11(15)6-9)17-13-4-2-3-12(16)18-13/h2-8H,1H3,(H,17,18). The molecule has 2 aromatic rings. The van der Waals surface area contributed by atoms with Crippen LogP contribution in [0.5, 0.6) is 0 Å².